The average molecular weight is 309 g/mol. The van der Waals surface area contributed by atoms with Gasteiger partial charge in [-0.25, -0.2) is 9.18 Å². The summed E-state index contributed by atoms with van der Waals surface area (Å²) in [5, 5.41) is 2.90. The molecule has 1 aliphatic heterocycles. The van der Waals surface area contributed by atoms with Crippen LogP contribution in [0.4, 0.5) is 14.9 Å². The summed E-state index contributed by atoms with van der Waals surface area (Å²) in [5.74, 6) is -0.423. The fourth-order valence-corrected chi connectivity index (χ4v) is 2.24. The minimum absolute atomic E-state index is 0.0761. The van der Waals surface area contributed by atoms with Crippen LogP contribution in [-0.4, -0.2) is 61.1 Å². The number of amides is 2. The normalized spacial score (nSPS) is 14.6. The highest BCUT2D eigenvalue weighted by Crippen LogP contribution is 2.09. The van der Waals surface area contributed by atoms with E-state index in [2.05, 4.69) is 5.32 Å². The van der Waals surface area contributed by atoms with Crippen LogP contribution in [0.1, 0.15) is 6.92 Å². The lowest BCUT2D eigenvalue weighted by Crippen LogP contribution is -2.51. The van der Waals surface area contributed by atoms with E-state index in [-0.39, 0.29) is 24.4 Å². The topological polar surface area (TPSA) is 61.9 Å². The summed E-state index contributed by atoms with van der Waals surface area (Å²) in [6.07, 6.45) is -0.340. The number of carbonyl (C=O) groups excluding carboxylic acids is 2. The smallest absolute Gasteiger partial charge is 0.409 e. The molecule has 1 N–H and O–H groups in total. The van der Waals surface area contributed by atoms with E-state index in [1.54, 1.807) is 28.9 Å². The van der Waals surface area contributed by atoms with Gasteiger partial charge in [0.15, 0.2) is 0 Å². The monoisotopic (exact) mass is 309 g/mol. The van der Waals surface area contributed by atoms with Gasteiger partial charge in [0.25, 0.3) is 0 Å². The molecular weight excluding hydrogens is 289 g/mol. The maximum atomic E-state index is 13.0. The number of carbonyl (C=O) groups is 2. The van der Waals surface area contributed by atoms with Gasteiger partial charge in [0.05, 0.1) is 13.2 Å². The van der Waals surface area contributed by atoms with Gasteiger partial charge < -0.3 is 19.9 Å². The first-order valence-electron chi connectivity index (χ1n) is 7.29. The number of nitrogens with one attached hydrogen (secondary N) is 1. The number of nitrogens with zero attached hydrogens (tertiary/aromatic N) is 2. The molecule has 6 nitrogen and oxygen atoms in total. The first-order valence-corrected chi connectivity index (χ1v) is 7.29. The van der Waals surface area contributed by atoms with Gasteiger partial charge in [-0.1, -0.05) is 6.07 Å². The highest BCUT2D eigenvalue weighted by Gasteiger charge is 2.24. The summed E-state index contributed by atoms with van der Waals surface area (Å²) in [6.45, 7) is 4.08. The van der Waals surface area contributed by atoms with Crippen molar-refractivity contribution in [2.75, 3.05) is 44.6 Å². The molecule has 1 heterocycles. The number of benzene rings is 1. The first kappa shape index (κ1) is 16.1. The molecule has 1 aromatic rings. The van der Waals surface area contributed by atoms with Crippen LogP contribution in [-0.2, 0) is 9.53 Å². The minimum Gasteiger partial charge on any atom is -0.450 e. The molecule has 1 fully saturated rings. The van der Waals surface area contributed by atoms with Gasteiger partial charge in [-0.15, -0.1) is 0 Å². The molecule has 1 saturated heterocycles. The molecule has 0 saturated carbocycles. The molecule has 22 heavy (non-hydrogen) atoms. The van der Waals surface area contributed by atoms with E-state index in [0.29, 0.717) is 38.5 Å². The number of piperazine rings is 1. The minimum atomic E-state index is -0.347. The van der Waals surface area contributed by atoms with E-state index < -0.39 is 0 Å². The predicted molar refractivity (Wildman–Crippen MR) is 80.1 cm³/mol. The first-order chi connectivity index (χ1) is 10.6. The number of halogens is 1. The van der Waals surface area contributed by atoms with Crippen LogP contribution < -0.4 is 5.32 Å². The lowest BCUT2D eigenvalue weighted by atomic mass is 10.3. The third-order valence-electron chi connectivity index (χ3n) is 3.43. The molecule has 2 amide bonds. The van der Waals surface area contributed by atoms with Gasteiger partial charge in [-0.2, -0.15) is 0 Å². The fraction of sp³-hybridized carbons (Fsp3) is 0.467. The molecule has 0 atom stereocenters. The van der Waals surface area contributed by atoms with Crippen LogP contribution in [0, 0.1) is 5.82 Å². The van der Waals surface area contributed by atoms with Crippen LogP contribution in [0.3, 0.4) is 0 Å². The van der Waals surface area contributed by atoms with Crippen molar-refractivity contribution < 1.29 is 18.7 Å². The Hall–Kier alpha value is -2.31. The Morgan fingerprint density at radius 1 is 1.23 bits per heavy atom. The lowest BCUT2D eigenvalue weighted by Gasteiger charge is -2.34. The van der Waals surface area contributed by atoms with E-state index in [9.17, 15) is 14.0 Å². The predicted octanol–water partition coefficient (Wildman–Crippen LogP) is 1.54. The van der Waals surface area contributed by atoms with Crippen molar-refractivity contribution in [3.8, 4) is 0 Å². The van der Waals surface area contributed by atoms with E-state index in [1.807, 2.05) is 0 Å². The molecule has 0 aromatic heterocycles. The Morgan fingerprint density at radius 2 is 1.91 bits per heavy atom. The highest BCUT2D eigenvalue weighted by atomic mass is 19.1. The number of rotatable bonds is 4. The summed E-state index contributed by atoms with van der Waals surface area (Å²) in [7, 11) is 0. The van der Waals surface area contributed by atoms with E-state index in [1.165, 1.54) is 12.1 Å². The quantitative estimate of drug-likeness (QED) is 0.916. The highest BCUT2D eigenvalue weighted by molar-refractivity contribution is 5.81. The molecule has 0 radical (unpaired) electrons. The number of hydrogen-bond donors (Lipinski definition) is 1. The van der Waals surface area contributed by atoms with Gasteiger partial charge in [-0.3, -0.25) is 4.79 Å². The van der Waals surface area contributed by atoms with Crippen LogP contribution in [0.5, 0.6) is 0 Å². The molecule has 0 spiro atoms. The summed E-state index contributed by atoms with van der Waals surface area (Å²) in [4.78, 5) is 26.9. The van der Waals surface area contributed by atoms with Crippen molar-refractivity contribution in [1.29, 1.82) is 0 Å². The summed E-state index contributed by atoms with van der Waals surface area (Å²) >= 11 is 0. The van der Waals surface area contributed by atoms with Gasteiger partial charge in [0.1, 0.15) is 5.82 Å². The van der Waals surface area contributed by atoms with Crippen LogP contribution >= 0.6 is 0 Å². The Kier molecular flexibility index (Phi) is 5.57. The van der Waals surface area contributed by atoms with E-state index in [0.717, 1.165) is 0 Å². The van der Waals surface area contributed by atoms with Crippen molar-refractivity contribution >= 4 is 17.7 Å². The Balaban J connectivity index is 1.76. The van der Waals surface area contributed by atoms with Crippen molar-refractivity contribution in [1.82, 2.24) is 9.80 Å². The molecule has 7 heteroatoms. The van der Waals surface area contributed by atoms with Crippen molar-refractivity contribution in [3.05, 3.63) is 30.1 Å². The third kappa shape index (κ3) is 4.34. The van der Waals surface area contributed by atoms with E-state index in [4.69, 9.17) is 4.74 Å². The second kappa shape index (κ2) is 7.63. The average Bonchev–Trinajstić information content (AvgIpc) is 2.53. The summed E-state index contributed by atoms with van der Waals surface area (Å²) < 4.78 is 18.0. The molecule has 120 valence electrons. The van der Waals surface area contributed by atoms with E-state index >= 15 is 0 Å². The molecule has 1 aromatic carbocycles. The SMILES string of the molecule is CCOC(=O)N1CCN(C(=O)CNc2cccc(F)c2)CC1. The fourth-order valence-electron chi connectivity index (χ4n) is 2.24. The number of anilines is 1. The number of ether oxygens (including phenoxy) is 1. The lowest BCUT2D eigenvalue weighted by molar-refractivity contribution is -0.130. The summed E-state index contributed by atoms with van der Waals surface area (Å²) in [6, 6.07) is 5.98. The Morgan fingerprint density at radius 3 is 2.55 bits per heavy atom. The van der Waals surface area contributed by atoms with Crippen molar-refractivity contribution in [2.45, 2.75) is 6.92 Å². The van der Waals surface area contributed by atoms with Crippen molar-refractivity contribution in [2.24, 2.45) is 0 Å². The largest absolute Gasteiger partial charge is 0.450 e. The summed E-state index contributed by atoms with van der Waals surface area (Å²) in [5.41, 5.74) is 0.568. The molecule has 0 aliphatic carbocycles. The van der Waals surface area contributed by atoms with Gasteiger partial charge in [-0.05, 0) is 25.1 Å². The standard InChI is InChI=1S/C15H20FN3O3/c1-2-22-15(21)19-8-6-18(7-9-19)14(20)11-17-13-5-3-4-12(16)10-13/h3-5,10,17H,2,6-9,11H2,1H3. The zero-order valence-corrected chi connectivity index (χ0v) is 12.5. The zero-order chi connectivity index (χ0) is 15.9. The zero-order valence-electron chi connectivity index (χ0n) is 12.5. The molecular formula is C15H20FN3O3. The van der Waals surface area contributed by atoms with Crippen LogP contribution in [0.2, 0.25) is 0 Å². The second-order valence-corrected chi connectivity index (χ2v) is 4.93. The second-order valence-electron chi connectivity index (χ2n) is 4.93. The number of hydrogen-bond acceptors (Lipinski definition) is 4. The maximum absolute atomic E-state index is 13.0. The molecule has 0 unspecified atom stereocenters. The Bertz CT molecular complexity index is 531. The Labute approximate surface area is 128 Å². The van der Waals surface area contributed by atoms with Crippen LogP contribution in [0.15, 0.2) is 24.3 Å². The van der Waals surface area contributed by atoms with Gasteiger partial charge in [0, 0.05) is 31.9 Å². The van der Waals surface area contributed by atoms with Gasteiger partial charge in [0.2, 0.25) is 5.91 Å². The van der Waals surface area contributed by atoms with Gasteiger partial charge >= 0.3 is 6.09 Å². The maximum Gasteiger partial charge on any atom is 0.409 e. The van der Waals surface area contributed by atoms with Crippen molar-refractivity contribution in [3.63, 3.8) is 0 Å². The van der Waals surface area contributed by atoms with Crippen LogP contribution in [0.25, 0.3) is 0 Å². The molecule has 1 aliphatic rings. The molecule has 0 bridgehead atoms. The molecule has 2 rings (SSSR count). The third-order valence-corrected chi connectivity index (χ3v) is 3.43.